The monoisotopic (exact) mass is 280 g/mol. The van der Waals surface area contributed by atoms with Crippen molar-refractivity contribution in [1.29, 1.82) is 0 Å². The van der Waals surface area contributed by atoms with Gasteiger partial charge < -0.3 is 20.3 Å². The quantitative estimate of drug-likeness (QED) is 0.744. The number of urea groups is 1. The highest BCUT2D eigenvalue weighted by Gasteiger charge is 2.30. The average Bonchev–Trinajstić information content (AvgIpc) is 2.99. The molecule has 3 N–H and O–H groups in total. The zero-order chi connectivity index (χ0) is 14.5. The third kappa shape index (κ3) is 3.97. The third-order valence-electron chi connectivity index (χ3n) is 3.54. The van der Waals surface area contributed by atoms with Gasteiger partial charge in [-0.25, -0.2) is 9.78 Å². The zero-order valence-corrected chi connectivity index (χ0v) is 11.5. The fourth-order valence-electron chi connectivity index (χ4n) is 2.54. The summed E-state index contributed by atoms with van der Waals surface area (Å²) in [5.74, 6) is -1.10. The van der Waals surface area contributed by atoms with Crippen molar-refractivity contribution < 1.29 is 14.7 Å². The molecule has 1 aliphatic rings. The molecule has 1 aliphatic carbocycles. The Labute approximate surface area is 117 Å². The number of carbonyl (C=O) groups excluding carboxylic acids is 1. The summed E-state index contributed by atoms with van der Waals surface area (Å²) >= 11 is 0. The number of aromatic nitrogens is 2. The summed E-state index contributed by atoms with van der Waals surface area (Å²) in [6.45, 7) is 2.56. The van der Waals surface area contributed by atoms with Crippen LogP contribution in [0.15, 0.2) is 18.7 Å². The van der Waals surface area contributed by atoms with Crippen molar-refractivity contribution in [2.24, 2.45) is 5.92 Å². The van der Waals surface area contributed by atoms with E-state index in [0.29, 0.717) is 19.4 Å². The normalized spacial score (nSPS) is 23.2. The van der Waals surface area contributed by atoms with Crippen LogP contribution >= 0.6 is 0 Å². The van der Waals surface area contributed by atoms with E-state index in [4.69, 9.17) is 5.11 Å². The minimum atomic E-state index is -0.775. The maximum atomic E-state index is 11.8. The van der Waals surface area contributed by atoms with E-state index >= 15 is 0 Å². The molecule has 0 aliphatic heterocycles. The van der Waals surface area contributed by atoms with Crippen LogP contribution in [0.5, 0.6) is 0 Å². The summed E-state index contributed by atoms with van der Waals surface area (Å²) in [6.07, 6.45) is 7.09. The van der Waals surface area contributed by atoms with Gasteiger partial charge in [0, 0.05) is 31.0 Å². The van der Waals surface area contributed by atoms with Gasteiger partial charge >= 0.3 is 12.0 Å². The molecule has 7 nitrogen and oxygen atoms in total. The zero-order valence-electron chi connectivity index (χ0n) is 11.5. The van der Waals surface area contributed by atoms with Crippen molar-refractivity contribution in [3.05, 3.63) is 18.7 Å². The van der Waals surface area contributed by atoms with Crippen molar-refractivity contribution >= 4 is 12.0 Å². The lowest BCUT2D eigenvalue weighted by Crippen LogP contribution is -2.45. The molecular formula is C13H20N4O3. The first kappa shape index (κ1) is 14.4. The van der Waals surface area contributed by atoms with Crippen molar-refractivity contribution in [3.8, 4) is 0 Å². The van der Waals surface area contributed by atoms with Gasteiger partial charge in [-0.05, 0) is 26.2 Å². The molecule has 1 aromatic rings. The Morgan fingerprint density at radius 2 is 2.30 bits per heavy atom. The summed E-state index contributed by atoms with van der Waals surface area (Å²) in [6, 6.07) is -0.314. The van der Waals surface area contributed by atoms with E-state index in [9.17, 15) is 9.59 Å². The fourth-order valence-corrected chi connectivity index (χ4v) is 2.54. The molecule has 0 spiro atoms. The van der Waals surface area contributed by atoms with Crippen LogP contribution < -0.4 is 10.6 Å². The standard InChI is InChI=1S/C13H20N4O3/c1-9(7-17-5-4-14-8-17)15-13(20)16-11-3-2-10(6-11)12(18)19/h4-5,8-11H,2-3,6-7H2,1H3,(H,18,19)(H2,15,16,20). The maximum absolute atomic E-state index is 11.8. The first-order chi connectivity index (χ1) is 9.54. The van der Waals surface area contributed by atoms with Crippen LogP contribution in [0.25, 0.3) is 0 Å². The number of nitrogens with zero attached hydrogens (tertiary/aromatic N) is 2. The number of imidazole rings is 1. The van der Waals surface area contributed by atoms with E-state index in [1.54, 1.807) is 12.5 Å². The largest absolute Gasteiger partial charge is 0.481 e. The van der Waals surface area contributed by atoms with Crippen molar-refractivity contribution in [2.75, 3.05) is 0 Å². The number of nitrogens with one attached hydrogen (secondary N) is 2. The molecule has 2 amide bonds. The second-order valence-electron chi connectivity index (χ2n) is 5.32. The highest BCUT2D eigenvalue weighted by molar-refractivity contribution is 5.75. The first-order valence-corrected chi connectivity index (χ1v) is 6.80. The predicted octanol–water partition coefficient (Wildman–Crippen LogP) is 0.824. The van der Waals surface area contributed by atoms with Crippen LogP contribution in [-0.4, -0.2) is 38.7 Å². The molecule has 1 fully saturated rings. The SMILES string of the molecule is CC(Cn1ccnc1)NC(=O)NC1CCC(C(=O)O)C1. The lowest BCUT2D eigenvalue weighted by molar-refractivity contribution is -0.141. The molecule has 0 saturated heterocycles. The predicted molar refractivity (Wildman–Crippen MR) is 72.1 cm³/mol. The number of hydrogen-bond donors (Lipinski definition) is 3. The molecule has 2 rings (SSSR count). The van der Waals surface area contributed by atoms with Gasteiger partial charge in [-0.3, -0.25) is 4.79 Å². The molecule has 3 unspecified atom stereocenters. The minimum absolute atomic E-state index is 0.0270. The summed E-state index contributed by atoms with van der Waals surface area (Å²) in [5.41, 5.74) is 0. The Morgan fingerprint density at radius 3 is 2.90 bits per heavy atom. The summed E-state index contributed by atoms with van der Waals surface area (Å²) < 4.78 is 1.89. The van der Waals surface area contributed by atoms with Gasteiger partial charge in [-0.1, -0.05) is 0 Å². The number of aliphatic carboxylic acids is 1. The molecule has 110 valence electrons. The van der Waals surface area contributed by atoms with Crippen LogP contribution in [0.1, 0.15) is 26.2 Å². The Hall–Kier alpha value is -2.05. The molecule has 1 heterocycles. The Kier molecular flexibility index (Phi) is 4.60. The molecule has 1 aromatic heterocycles. The van der Waals surface area contributed by atoms with E-state index in [0.717, 1.165) is 6.42 Å². The van der Waals surface area contributed by atoms with Crippen LogP contribution in [0.2, 0.25) is 0 Å². The summed E-state index contributed by atoms with van der Waals surface area (Å²) in [7, 11) is 0. The van der Waals surface area contributed by atoms with Crippen molar-refractivity contribution in [2.45, 2.75) is 44.8 Å². The minimum Gasteiger partial charge on any atom is -0.481 e. The van der Waals surface area contributed by atoms with Crippen molar-refractivity contribution in [1.82, 2.24) is 20.2 Å². The number of amides is 2. The van der Waals surface area contributed by atoms with Gasteiger partial charge in [0.2, 0.25) is 0 Å². The molecule has 3 atom stereocenters. The molecule has 0 bridgehead atoms. The smallest absolute Gasteiger partial charge is 0.315 e. The summed E-state index contributed by atoms with van der Waals surface area (Å²) in [5, 5.41) is 14.6. The fraction of sp³-hybridized carbons (Fsp3) is 0.615. The summed E-state index contributed by atoms with van der Waals surface area (Å²) in [4.78, 5) is 26.6. The van der Waals surface area contributed by atoms with Crippen LogP contribution in [0.4, 0.5) is 4.79 Å². The van der Waals surface area contributed by atoms with Crippen molar-refractivity contribution in [3.63, 3.8) is 0 Å². The van der Waals surface area contributed by atoms with Crippen LogP contribution in [0.3, 0.4) is 0 Å². The first-order valence-electron chi connectivity index (χ1n) is 6.80. The lowest BCUT2D eigenvalue weighted by atomic mass is 10.1. The number of rotatable bonds is 5. The molecule has 0 aromatic carbocycles. The van der Waals surface area contributed by atoms with Crippen LogP contribution in [-0.2, 0) is 11.3 Å². The van der Waals surface area contributed by atoms with Gasteiger partial charge in [0.1, 0.15) is 0 Å². The van der Waals surface area contributed by atoms with Gasteiger partial charge in [0.25, 0.3) is 0 Å². The van der Waals surface area contributed by atoms with E-state index in [1.165, 1.54) is 0 Å². The average molecular weight is 280 g/mol. The highest BCUT2D eigenvalue weighted by atomic mass is 16.4. The number of hydrogen-bond acceptors (Lipinski definition) is 3. The lowest BCUT2D eigenvalue weighted by Gasteiger charge is -2.18. The van der Waals surface area contributed by atoms with Gasteiger partial charge in [-0.15, -0.1) is 0 Å². The molecular weight excluding hydrogens is 260 g/mol. The van der Waals surface area contributed by atoms with Gasteiger partial charge in [0.15, 0.2) is 0 Å². The van der Waals surface area contributed by atoms with Gasteiger partial charge in [-0.2, -0.15) is 0 Å². The molecule has 20 heavy (non-hydrogen) atoms. The van der Waals surface area contributed by atoms with E-state index in [-0.39, 0.29) is 24.0 Å². The second kappa shape index (κ2) is 6.40. The van der Waals surface area contributed by atoms with E-state index < -0.39 is 5.97 Å². The topological polar surface area (TPSA) is 96.3 Å². The third-order valence-corrected chi connectivity index (χ3v) is 3.54. The Balaban J connectivity index is 1.71. The van der Waals surface area contributed by atoms with Gasteiger partial charge in [0.05, 0.1) is 12.2 Å². The van der Waals surface area contributed by atoms with Crippen LogP contribution in [0, 0.1) is 5.92 Å². The van der Waals surface area contributed by atoms with E-state index in [2.05, 4.69) is 15.6 Å². The number of carboxylic acids is 1. The second-order valence-corrected chi connectivity index (χ2v) is 5.32. The Bertz CT molecular complexity index is 460. The maximum Gasteiger partial charge on any atom is 0.315 e. The Morgan fingerprint density at radius 1 is 1.50 bits per heavy atom. The number of carbonyl (C=O) groups is 2. The highest BCUT2D eigenvalue weighted by Crippen LogP contribution is 2.25. The molecule has 7 heteroatoms. The molecule has 1 saturated carbocycles. The van der Waals surface area contributed by atoms with E-state index in [1.807, 2.05) is 17.7 Å². The number of carboxylic acid groups (broad SMARTS) is 1. The molecule has 0 radical (unpaired) electrons.